The van der Waals surface area contributed by atoms with Crippen LogP contribution < -0.4 is 0 Å². The third-order valence-electron chi connectivity index (χ3n) is 13.2. The van der Waals surface area contributed by atoms with Crippen LogP contribution in [0.25, 0.3) is 0 Å². The van der Waals surface area contributed by atoms with E-state index in [1.165, 1.54) is 57.8 Å². The number of ether oxygens (including phenoxy) is 1. The van der Waals surface area contributed by atoms with E-state index in [0.29, 0.717) is 28.3 Å². The van der Waals surface area contributed by atoms with Crippen molar-refractivity contribution in [1.82, 2.24) is 0 Å². The van der Waals surface area contributed by atoms with Crippen molar-refractivity contribution in [3.63, 3.8) is 0 Å². The van der Waals surface area contributed by atoms with Crippen molar-refractivity contribution in [3.05, 3.63) is 0 Å². The lowest BCUT2D eigenvalue weighted by Gasteiger charge is -2.67. The number of hydrogen-bond donors (Lipinski definition) is 1. The van der Waals surface area contributed by atoms with E-state index in [9.17, 15) is 5.11 Å². The van der Waals surface area contributed by atoms with E-state index in [4.69, 9.17) is 4.74 Å². The lowest BCUT2D eigenvalue weighted by atomic mass is 9.38. The predicted octanol–water partition coefficient (Wildman–Crippen LogP) is 7.63. The summed E-state index contributed by atoms with van der Waals surface area (Å²) in [4.78, 5) is 0. The molecule has 4 aliphatic carbocycles. The van der Waals surface area contributed by atoms with Crippen LogP contribution in [-0.2, 0) is 4.74 Å². The molecule has 0 aromatic carbocycles. The van der Waals surface area contributed by atoms with Crippen molar-refractivity contribution in [2.24, 2.45) is 51.2 Å². The monoisotopic (exact) mass is 444 g/mol. The van der Waals surface area contributed by atoms with Crippen LogP contribution in [0.4, 0.5) is 0 Å². The second-order valence-electron chi connectivity index (χ2n) is 15.0. The number of aliphatic hydroxyl groups excluding tert-OH is 1. The quantitative estimate of drug-likeness (QED) is 0.452. The minimum atomic E-state index is -0.112. The van der Waals surface area contributed by atoms with Gasteiger partial charge >= 0.3 is 0 Å². The lowest BCUT2D eigenvalue weighted by Crippen LogP contribution is -2.61. The van der Waals surface area contributed by atoms with E-state index in [2.05, 4.69) is 55.4 Å². The van der Waals surface area contributed by atoms with Gasteiger partial charge in [-0.15, -0.1) is 0 Å². The highest BCUT2D eigenvalue weighted by molar-refractivity contribution is 5.16. The van der Waals surface area contributed by atoms with Crippen LogP contribution in [0.5, 0.6) is 0 Å². The molecule has 0 aromatic heterocycles. The number of aliphatic hydroxyl groups is 1. The summed E-state index contributed by atoms with van der Waals surface area (Å²) in [6.45, 7) is 19.9. The van der Waals surface area contributed by atoms with Gasteiger partial charge in [-0.05, 0) is 129 Å². The third-order valence-corrected chi connectivity index (χ3v) is 13.2. The summed E-state index contributed by atoms with van der Waals surface area (Å²) in [5, 5.41) is 10.8. The summed E-state index contributed by atoms with van der Waals surface area (Å²) in [7, 11) is 0. The van der Waals surface area contributed by atoms with Crippen molar-refractivity contribution in [1.29, 1.82) is 0 Å². The minimum absolute atomic E-state index is 0.0744. The average Bonchev–Trinajstić information content (AvgIpc) is 3.22. The molecule has 1 heterocycles. The minimum Gasteiger partial charge on any atom is -0.393 e. The molecule has 0 aromatic rings. The molecule has 5 fully saturated rings. The molecule has 5 aliphatic rings. The van der Waals surface area contributed by atoms with Gasteiger partial charge in [-0.3, -0.25) is 0 Å². The second kappa shape index (κ2) is 7.22. The second-order valence-corrected chi connectivity index (χ2v) is 15.0. The van der Waals surface area contributed by atoms with Crippen LogP contribution in [0.2, 0.25) is 0 Å². The van der Waals surface area contributed by atoms with Crippen molar-refractivity contribution >= 4 is 0 Å². The molecular weight excluding hydrogens is 392 g/mol. The summed E-state index contributed by atoms with van der Waals surface area (Å²) in [5.74, 6) is 4.13. The maximum absolute atomic E-state index is 10.8. The van der Waals surface area contributed by atoms with Crippen LogP contribution in [0, 0.1) is 51.2 Å². The van der Waals surface area contributed by atoms with E-state index in [0.717, 1.165) is 30.1 Å². The Morgan fingerprint density at radius 2 is 1.47 bits per heavy atom. The first-order chi connectivity index (χ1) is 14.8. The van der Waals surface area contributed by atoms with E-state index in [1.807, 2.05) is 0 Å². The largest absolute Gasteiger partial charge is 0.393 e. The summed E-state index contributed by atoms with van der Waals surface area (Å²) in [6.07, 6.45) is 13.7. The van der Waals surface area contributed by atoms with E-state index >= 15 is 0 Å². The molecular formula is C30H52O2. The fourth-order valence-electron chi connectivity index (χ4n) is 10.8. The number of epoxide rings is 1. The fourth-order valence-corrected chi connectivity index (χ4v) is 10.8. The van der Waals surface area contributed by atoms with Crippen LogP contribution in [0.15, 0.2) is 0 Å². The van der Waals surface area contributed by atoms with E-state index < -0.39 is 0 Å². The standard InChI is InChI=1S/C30H52O2/c1-19(9-12-25-27(4,5)32-25)20-13-17-30(8)22-10-11-23-26(2,3)24(31)15-16-28(23,6)21(22)14-18-29(20,30)7/h19-25,31H,9-18H2,1-8H3/t19-,20-,21+,22-,23+,24+,25-,28-,29-,30+/m1/s1. The first kappa shape index (κ1) is 23.7. The highest BCUT2D eigenvalue weighted by atomic mass is 16.6. The van der Waals surface area contributed by atoms with Crippen molar-refractivity contribution in [3.8, 4) is 0 Å². The van der Waals surface area contributed by atoms with Gasteiger partial charge in [0.2, 0.25) is 0 Å². The molecule has 5 rings (SSSR count). The summed E-state index contributed by atoms with van der Waals surface area (Å²) in [6, 6.07) is 0. The van der Waals surface area contributed by atoms with Gasteiger partial charge in [0, 0.05) is 0 Å². The molecule has 4 saturated carbocycles. The van der Waals surface area contributed by atoms with Gasteiger partial charge < -0.3 is 9.84 Å². The Kier molecular flexibility index (Phi) is 5.34. The summed E-state index contributed by atoms with van der Waals surface area (Å²) in [5.41, 5.74) is 1.64. The molecule has 1 N–H and O–H groups in total. The molecule has 1 aliphatic heterocycles. The van der Waals surface area contributed by atoms with Crippen LogP contribution in [0.1, 0.15) is 120 Å². The molecule has 0 amide bonds. The Hall–Kier alpha value is -0.0800. The maximum atomic E-state index is 10.8. The molecule has 1 saturated heterocycles. The predicted molar refractivity (Wildman–Crippen MR) is 132 cm³/mol. The molecule has 0 radical (unpaired) electrons. The molecule has 32 heavy (non-hydrogen) atoms. The fraction of sp³-hybridized carbons (Fsp3) is 1.00. The SMILES string of the molecule is C[C@H](CC[C@H]1OC1(C)C)[C@H]1CC[C@@]2(C)[C@@H]3CC[C@H]4C(C)(C)[C@@H](O)CC[C@]4(C)[C@H]3CC[C@]12C. The van der Waals surface area contributed by atoms with Crippen molar-refractivity contribution in [2.75, 3.05) is 0 Å². The number of fused-ring (bicyclic) bond motifs is 5. The normalized spacial score (nSPS) is 54.3. The Morgan fingerprint density at radius 1 is 0.812 bits per heavy atom. The van der Waals surface area contributed by atoms with Gasteiger partial charge in [0.15, 0.2) is 0 Å². The first-order valence-corrected chi connectivity index (χ1v) is 14.1. The highest BCUT2D eigenvalue weighted by Crippen LogP contribution is 2.74. The van der Waals surface area contributed by atoms with Crippen LogP contribution in [0.3, 0.4) is 0 Å². The van der Waals surface area contributed by atoms with Gasteiger partial charge in [-0.1, -0.05) is 41.5 Å². The van der Waals surface area contributed by atoms with Gasteiger partial charge in [0.1, 0.15) is 0 Å². The zero-order valence-electron chi connectivity index (χ0n) is 22.5. The number of hydrogen-bond acceptors (Lipinski definition) is 2. The van der Waals surface area contributed by atoms with E-state index in [-0.39, 0.29) is 17.1 Å². The Balaban J connectivity index is 1.35. The molecule has 10 atom stereocenters. The number of rotatable bonds is 4. The molecule has 0 spiro atoms. The molecule has 2 nitrogen and oxygen atoms in total. The van der Waals surface area contributed by atoms with Crippen molar-refractivity contribution < 1.29 is 9.84 Å². The third kappa shape index (κ3) is 3.09. The lowest BCUT2D eigenvalue weighted by molar-refractivity contribution is -0.200. The molecule has 184 valence electrons. The topological polar surface area (TPSA) is 32.8 Å². The Labute approximate surface area is 198 Å². The van der Waals surface area contributed by atoms with Crippen LogP contribution >= 0.6 is 0 Å². The highest BCUT2D eigenvalue weighted by Gasteiger charge is 2.67. The van der Waals surface area contributed by atoms with E-state index in [1.54, 1.807) is 0 Å². The molecule has 0 unspecified atom stereocenters. The average molecular weight is 445 g/mol. The maximum Gasteiger partial charge on any atom is 0.0892 e. The van der Waals surface area contributed by atoms with Gasteiger partial charge in [-0.25, -0.2) is 0 Å². The summed E-state index contributed by atoms with van der Waals surface area (Å²) >= 11 is 0. The zero-order chi connectivity index (χ0) is 23.3. The van der Waals surface area contributed by atoms with Gasteiger partial charge in [0.25, 0.3) is 0 Å². The zero-order valence-corrected chi connectivity index (χ0v) is 22.5. The smallest absolute Gasteiger partial charge is 0.0892 e. The van der Waals surface area contributed by atoms with Crippen LogP contribution in [-0.4, -0.2) is 22.9 Å². The molecule has 0 bridgehead atoms. The first-order valence-electron chi connectivity index (χ1n) is 14.1. The van der Waals surface area contributed by atoms with Crippen molar-refractivity contribution in [2.45, 2.75) is 137 Å². The summed E-state index contributed by atoms with van der Waals surface area (Å²) < 4.78 is 5.91. The Morgan fingerprint density at radius 3 is 2.12 bits per heavy atom. The van der Waals surface area contributed by atoms with Gasteiger partial charge in [-0.2, -0.15) is 0 Å². The molecule has 2 heteroatoms. The Bertz CT molecular complexity index is 741. The van der Waals surface area contributed by atoms with Gasteiger partial charge in [0.05, 0.1) is 17.8 Å².